The molecule has 0 atom stereocenters. The molecule has 0 saturated carbocycles. The highest BCUT2D eigenvalue weighted by atomic mass is 35.5. The smallest absolute Gasteiger partial charge is 0.153 e. The molecule has 0 amide bonds. The van der Waals surface area contributed by atoms with Crippen molar-refractivity contribution in [1.82, 2.24) is 20.2 Å². The molecule has 0 aliphatic rings. The number of benzene rings is 1. The molecule has 0 radical (unpaired) electrons. The van der Waals surface area contributed by atoms with E-state index in [4.69, 9.17) is 11.6 Å². The van der Waals surface area contributed by atoms with Crippen LogP contribution in [0.1, 0.15) is 19.5 Å². The van der Waals surface area contributed by atoms with Crippen molar-refractivity contribution in [2.45, 2.75) is 26.8 Å². The molecule has 1 aromatic carbocycles. The predicted molar refractivity (Wildman–Crippen MR) is 102 cm³/mol. The normalized spacial score (nSPS) is 10.8. The van der Waals surface area contributed by atoms with Gasteiger partial charge < -0.3 is 16.0 Å². The number of halogens is 1. The molecule has 25 heavy (non-hydrogen) atoms. The van der Waals surface area contributed by atoms with Crippen molar-refractivity contribution in [3.05, 3.63) is 47.4 Å². The molecular formula is C17H20ClN7. The van der Waals surface area contributed by atoms with E-state index in [1.165, 1.54) is 0 Å². The maximum absolute atomic E-state index is 6.22. The predicted octanol–water partition coefficient (Wildman–Crippen LogP) is 4.47. The van der Waals surface area contributed by atoms with Gasteiger partial charge in [-0.2, -0.15) is 5.10 Å². The number of aryl methyl sites for hydroxylation is 1. The first kappa shape index (κ1) is 17.0. The number of rotatable bonds is 6. The third-order valence-corrected chi connectivity index (χ3v) is 3.61. The molecule has 0 aliphatic heterocycles. The number of nitrogens with zero attached hydrogens (tertiary/aromatic N) is 3. The summed E-state index contributed by atoms with van der Waals surface area (Å²) in [5, 5.41) is 17.3. The van der Waals surface area contributed by atoms with Gasteiger partial charge in [0.1, 0.15) is 0 Å². The number of aromatic amines is 1. The van der Waals surface area contributed by atoms with Crippen LogP contribution >= 0.6 is 11.6 Å². The van der Waals surface area contributed by atoms with Crippen LogP contribution in [0.2, 0.25) is 5.02 Å². The minimum absolute atomic E-state index is 0.289. The Kier molecular flexibility index (Phi) is 5.04. The topological polar surface area (TPSA) is 90.6 Å². The summed E-state index contributed by atoms with van der Waals surface area (Å²) in [5.41, 5.74) is 2.71. The third kappa shape index (κ3) is 4.60. The first-order valence-corrected chi connectivity index (χ1v) is 8.31. The second kappa shape index (κ2) is 7.40. The van der Waals surface area contributed by atoms with E-state index in [1.54, 1.807) is 12.4 Å². The maximum Gasteiger partial charge on any atom is 0.153 e. The molecule has 0 bridgehead atoms. The average Bonchev–Trinajstić information content (AvgIpc) is 2.95. The zero-order valence-corrected chi connectivity index (χ0v) is 15.0. The lowest BCUT2D eigenvalue weighted by atomic mass is 10.2. The number of H-pyrrole nitrogens is 1. The highest BCUT2D eigenvalue weighted by molar-refractivity contribution is 6.33. The Morgan fingerprint density at radius 1 is 1.04 bits per heavy atom. The Morgan fingerprint density at radius 2 is 1.80 bits per heavy atom. The summed E-state index contributed by atoms with van der Waals surface area (Å²) in [5.74, 6) is 1.92. The Labute approximate surface area is 151 Å². The van der Waals surface area contributed by atoms with Crippen molar-refractivity contribution in [3.8, 4) is 0 Å². The molecule has 2 heterocycles. The first-order chi connectivity index (χ1) is 12.0. The van der Waals surface area contributed by atoms with Crippen LogP contribution in [-0.2, 0) is 0 Å². The Bertz CT molecular complexity index is 860. The number of anilines is 5. The van der Waals surface area contributed by atoms with Crippen LogP contribution in [-0.4, -0.2) is 26.2 Å². The molecule has 130 valence electrons. The largest absolute Gasteiger partial charge is 0.382 e. The van der Waals surface area contributed by atoms with Crippen LogP contribution < -0.4 is 16.0 Å². The van der Waals surface area contributed by atoms with Gasteiger partial charge in [-0.05, 0) is 39.0 Å². The molecule has 7 nitrogen and oxygen atoms in total. The molecule has 0 saturated heterocycles. The molecule has 8 heteroatoms. The minimum atomic E-state index is 0.289. The molecule has 4 N–H and O–H groups in total. The summed E-state index contributed by atoms with van der Waals surface area (Å²) in [7, 11) is 0. The fourth-order valence-electron chi connectivity index (χ4n) is 2.27. The van der Waals surface area contributed by atoms with E-state index in [-0.39, 0.29) is 6.04 Å². The van der Waals surface area contributed by atoms with Crippen molar-refractivity contribution >= 4 is 40.4 Å². The van der Waals surface area contributed by atoms with Crippen LogP contribution in [0, 0.1) is 6.92 Å². The fourth-order valence-corrected chi connectivity index (χ4v) is 2.44. The molecule has 0 unspecified atom stereocenters. The summed E-state index contributed by atoms with van der Waals surface area (Å²) in [4.78, 5) is 8.70. The summed E-state index contributed by atoms with van der Waals surface area (Å²) >= 11 is 6.22. The van der Waals surface area contributed by atoms with Gasteiger partial charge in [0.15, 0.2) is 17.5 Å². The van der Waals surface area contributed by atoms with Gasteiger partial charge in [0.2, 0.25) is 0 Å². The summed E-state index contributed by atoms with van der Waals surface area (Å²) in [6.45, 7) is 6.06. The maximum atomic E-state index is 6.22. The molecule has 0 spiro atoms. The van der Waals surface area contributed by atoms with Gasteiger partial charge in [-0.15, -0.1) is 0 Å². The van der Waals surface area contributed by atoms with Gasteiger partial charge in [0.25, 0.3) is 0 Å². The molecule has 0 aliphatic carbocycles. The van der Waals surface area contributed by atoms with Crippen molar-refractivity contribution in [2.75, 3.05) is 16.0 Å². The van der Waals surface area contributed by atoms with Crippen molar-refractivity contribution in [2.24, 2.45) is 0 Å². The summed E-state index contributed by atoms with van der Waals surface area (Å²) in [6, 6.07) is 7.87. The van der Waals surface area contributed by atoms with Gasteiger partial charge in [-0.3, -0.25) is 10.1 Å². The van der Waals surface area contributed by atoms with E-state index in [9.17, 15) is 0 Å². The fraction of sp³-hybridized carbons (Fsp3) is 0.235. The molecule has 2 aromatic heterocycles. The quantitative estimate of drug-likeness (QED) is 0.520. The van der Waals surface area contributed by atoms with Gasteiger partial charge in [-0.1, -0.05) is 11.6 Å². The minimum Gasteiger partial charge on any atom is -0.382 e. The van der Waals surface area contributed by atoms with Crippen LogP contribution in [0.5, 0.6) is 0 Å². The lowest BCUT2D eigenvalue weighted by molar-refractivity contribution is 0.900. The number of hydrogen-bond donors (Lipinski definition) is 4. The first-order valence-electron chi connectivity index (χ1n) is 7.94. The molecule has 0 fully saturated rings. The Balaban J connectivity index is 1.75. The van der Waals surface area contributed by atoms with E-state index in [1.807, 2.05) is 31.2 Å². The van der Waals surface area contributed by atoms with Crippen LogP contribution in [0.15, 0.2) is 36.7 Å². The van der Waals surface area contributed by atoms with Gasteiger partial charge in [0.05, 0.1) is 23.1 Å². The number of aromatic nitrogens is 4. The zero-order valence-electron chi connectivity index (χ0n) is 14.3. The van der Waals surface area contributed by atoms with Crippen LogP contribution in [0.3, 0.4) is 0 Å². The van der Waals surface area contributed by atoms with E-state index >= 15 is 0 Å². The zero-order chi connectivity index (χ0) is 17.8. The number of nitrogens with one attached hydrogen (secondary N) is 4. The van der Waals surface area contributed by atoms with Crippen molar-refractivity contribution in [3.63, 3.8) is 0 Å². The average molecular weight is 358 g/mol. The van der Waals surface area contributed by atoms with Crippen molar-refractivity contribution in [1.29, 1.82) is 0 Å². The summed E-state index contributed by atoms with van der Waals surface area (Å²) in [6.07, 6.45) is 3.30. The standard InChI is InChI=1S/C17H20ClN7/c1-10(2)20-14-7-12(4-5-13(14)18)21-16-8-19-9-17(23-16)22-15-6-11(3)24-25-15/h4-10,20H,1-3H3,(H3,21,22,23,24,25). The lowest BCUT2D eigenvalue weighted by Crippen LogP contribution is -2.10. The van der Waals surface area contributed by atoms with Crippen LogP contribution in [0.4, 0.5) is 28.8 Å². The van der Waals surface area contributed by atoms with Crippen LogP contribution in [0.25, 0.3) is 0 Å². The molecule has 3 rings (SSSR count). The number of hydrogen-bond acceptors (Lipinski definition) is 6. The third-order valence-electron chi connectivity index (χ3n) is 3.28. The Morgan fingerprint density at radius 3 is 2.48 bits per heavy atom. The molecular weight excluding hydrogens is 338 g/mol. The SMILES string of the molecule is Cc1cc(Nc2cncc(Nc3ccc(Cl)c(NC(C)C)c3)n2)n[nH]1. The highest BCUT2D eigenvalue weighted by Gasteiger charge is 2.06. The van der Waals surface area contributed by atoms with Gasteiger partial charge in [-0.25, -0.2) is 4.98 Å². The highest BCUT2D eigenvalue weighted by Crippen LogP contribution is 2.27. The van der Waals surface area contributed by atoms with Crippen molar-refractivity contribution < 1.29 is 0 Å². The molecule has 3 aromatic rings. The second-order valence-electron chi connectivity index (χ2n) is 5.97. The monoisotopic (exact) mass is 357 g/mol. The van der Waals surface area contributed by atoms with E-state index in [0.29, 0.717) is 22.5 Å². The van der Waals surface area contributed by atoms with E-state index < -0.39 is 0 Å². The Hall–Kier alpha value is -2.80. The summed E-state index contributed by atoms with van der Waals surface area (Å²) < 4.78 is 0. The van der Waals surface area contributed by atoms with Gasteiger partial charge >= 0.3 is 0 Å². The van der Waals surface area contributed by atoms with E-state index in [2.05, 4.69) is 50.0 Å². The van der Waals surface area contributed by atoms with Gasteiger partial charge in [0, 0.05) is 23.5 Å². The van der Waals surface area contributed by atoms with E-state index in [0.717, 1.165) is 17.1 Å². The lowest BCUT2D eigenvalue weighted by Gasteiger charge is -2.14. The second-order valence-corrected chi connectivity index (χ2v) is 6.38.